The van der Waals surface area contributed by atoms with E-state index in [0.717, 1.165) is 38.3 Å². The molecule has 0 aliphatic rings. The van der Waals surface area contributed by atoms with E-state index in [0.29, 0.717) is 23.1 Å². The van der Waals surface area contributed by atoms with Crippen LogP contribution >= 0.6 is 11.6 Å². The summed E-state index contributed by atoms with van der Waals surface area (Å²) in [6.07, 6.45) is 0. The van der Waals surface area contributed by atoms with Crippen molar-refractivity contribution in [3.8, 4) is 11.5 Å². The van der Waals surface area contributed by atoms with Crippen molar-refractivity contribution >= 4 is 11.6 Å². The number of ether oxygens (including phenoxy) is 2. The molecule has 0 aliphatic carbocycles. The molecule has 4 nitrogen and oxygen atoms in total. The first kappa shape index (κ1) is 18.1. The molecule has 0 aromatic heterocycles. The summed E-state index contributed by atoms with van der Waals surface area (Å²) in [6, 6.07) is 3.91. The zero-order valence-corrected chi connectivity index (χ0v) is 14.3. The zero-order valence-electron chi connectivity index (χ0n) is 13.5. The highest BCUT2D eigenvalue weighted by molar-refractivity contribution is 6.32. The highest BCUT2D eigenvalue weighted by Gasteiger charge is 2.11. The third-order valence-electron chi connectivity index (χ3n) is 3.40. The Labute approximate surface area is 133 Å². The average Bonchev–Trinajstić information content (AvgIpc) is 2.47. The SMILES string of the molecule is CCOc1cc(CNCCN(CC)CC)cc(Cl)c1OC. The maximum atomic E-state index is 6.24. The Bertz CT molecular complexity index is 423. The lowest BCUT2D eigenvalue weighted by molar-refractivity contribution is 0.301. The van der Waals surface area contributed by atoms with Gasteiger partial charge in [-0.15, -0.1) is 0 Å². The fourth-order valence-corrected chi connectivity index (χ4v) is 2.50. The monoisotopic (exact) mass is 314 g/mol. The number of nitrogens with one attached hydrogen (secondary N) is 1. The van der Waals surface area contributed by atoms with E-state index in [9.17, 15) is 0 Å². The summed E-state index contributed by atoms with van der Waals surface area (Å²) in [6.45, 7) is 11.8. The zero-order chi connectivity index (χ0) is 15.7. The predicted octanol–water partition coefficient (Wildman–Crippen LogP) is 3.18. The molecule has 1 aromatic rings. The van der Waals surface area contributed by atoms with Crippen LogP contribution < -0.4 is 14.8 Å². The fraction of sp³-hybridized carbons (Fsp3) is 0.625. The van der Waals surface area contributed by atoms with Crippen LogP contribution in [0.25, 0.3) is 0 Å². The van der Waals surface area contributed by atoms with Gasteiger partial charge >= 0.3 is 0 Å². The molecule has 1 aromatic carbocycles. The number of rotatable bonds is 10. The number of nitrogens with zero attached hydrogens (tertiary/aromatic N) is 1. The summed E-state index contributed by atoms with van der Waals surface area (Å²) in [4.78, 5) is 2.39. The van der Waals surface area contributed by atoms with Gasteiger partial charge in [0.1, 0.15) is 0 Å². The van der Waals surface area contributed by atoms with Crippen molar-refractivity contribution in [1.29, 1.82) is 0 Å². The Morgan fingerprint density at radius 3 is 2.48 bits per heavy atom. The van der Waals surface area contributed by atoms with Crippen molar-refractivity contribution in [1.82, 2.24) is 10.2 Å². The van der Waals surface area contributed by atoms with E-state index in [1.807, 2.05) is 19.1 Å². The van der Waals surface area contributed by atoms with E-state index >= 15 is 0 Å². The number of benzene rings is 1. The number of methoxy groups -OCH3 is 1. The van der Waals surface area contributed by atoms with Gasteiger partial charge in [-0.1, -0.05) is 25.4 Å². The van der Waals surface area contributed by atoms with E-state index in [1.54, 1.807) is 7.11 Å². The number of hydrogen-bond donors (Lipinski definition) is 1. The Morgan fingerprint density at radius 1 is 1.19 bits per heavy atom. The van der Waals surface area contributed by atoms with Gasteiger partial charge in [-0.25, -0.2) is 0 Å². The summed E-state index contributed by atoms with van der Waals surface area (Å²) in [5, 5.41) is 4.03. The van der Waals surface area contributed by atoms with Gasteiger partial charge in [0.2, 0.25) is 0 Å². The maximum Gasteiger partial charge on any atom is 0.179 e. The van der Waals surface area contributed by atoms with E-state index < -0.39 is 0 Å². The van der Waals surface area contributed by atoms with Gasteiger partial charge < -0.3 is 19.7 Å². The Hall–Kier alpha value is -0.970. The first-order valence-corrected chi connectivity index (χ1v) is 7.96. The van der Waals surface area contributed by atoms with Crippen LogP contribution in [0.1, 0.15) is 26.3 Å². The number of likely N-dealkylation sites (N-methyl/N-ethyl adjacent to an activating group) is 1. The van der Waals surface area contributed by atoms with E-state index in [4.69, 9.17) is 21.1 Å². The third-order valence-corrected chi connectivity index (χ3v) is 3.68. The second-order valence-corrected chi connectivity index (χ2v) is 5.15. The molecule has 0 aliphatic heterocycles. The molecule has 0 heterocycles. The Balaban J connectivity index is 2.59. The Kier molecular flexibility index (Phi) is 8.50. The minimum atomic E-state index is 0.587. The second kappa shape index (κ2) is 9.87. The van der Waals surface area contributed by atoms with Crippen LogP contribution in [0.2, 0.25) is 5.02 Å². The van der Waals surface area contributed by atoms with Crippen LogP contribution in [0.5, 0.6) is 11.5 Å². The van der Waals surface area contributed by atoms with Crippen molar-refractivity contribution in [2.75, 3.05) is 39.9 Å². The minimum Gasteiger partial charge on any atom is -0.491 e. The van der Waals surface area contributed by atoms with Gasteiger partial charge in [-0.3, -0.25) is 0 Å². The summed E-state index contributed by atoms with van der Waals surface area (Å²) in [5.41, 5.74) is 1.10. The third kappa shape index (κ3) is 5.73. The Morgan fingerprint density at radius 2 is 1.90 bits per heavy atom. The molecule has 0 bridgehead atoms. The van der Waals surface area contributed by atoms with E-state index in [2.05, 4.69) is 24.1 Å². The summed E-state index contributed by atoms with van der Waals surface area (Å²) >= 11 is 6.24. The number of halogens is 1. The summed E-state index contributed by atoms with van der Waals surface area (Å²) in [5.74, 6) is 1.30. The molecule has 5 heteroatoms. The normalized spacial score (nSPS) is 11.0. The molecule has 0 fully saturated rings. The van der Waals surface area contributed by atoms with E-state index in [-0.39, 0.29) is 0 Å². The van der Waals surface area contributed by atoms with Gasteiger partial charge in [0.05, 0.1) is 18.7 Å². The summed E-state index contributed by atoms with van der Waals surface area (Å²) < 4.78 is 10.9. The molecule has 0 saturated carbocycles. The largest absolute Gasteiger partial charge is 0.491 e. The molecule has 0 radical (unpaired) electrons. The lowest BCUT2D eigenvalue weighted by atomic mass is 10.2. The van der Waals surface area contributed by atoms with Crippen molar-refractivity contribution in [3.63, 3.8) is 0 Å². The lowest BCUT2D eigenvalue weighted by Crippen LogP contribution is -2.31. The van der Waals surface area contributed by atoms with Gasteiger partial charge in [-0.2, -0.15) is 0 Å². The molecular formula is C16H27ClN2O2. The van der Waals surface area contributed by atoms with Crippen LogP contribution in [0.3, 0.4) is 0 Å². The van der Waals surface area contributed by atoms with Gasteiger partial charge in [-0.05, 0) is 37.7 Å². The fourth-order valence-electron chi connectivity index (χ4n) is 2.19. The first-order chi connectivity index (χ1) is 10.2. The van der Waals surface area contributed by atoms with Gasteiger partial charge in [0.25, 0.3) is 0 Å². The van der Waals surface area contributed by atoms with Crippen molar-refractivity contribution in [3.05, 3.63) is 22.7 Å². The van der Waals surface area contributed by atoms with Crippen LogP contribution in [-0.2, 0) is 6.54 Å². The van der Waals surface area contributed by atoms with Crippen LogP contribution in [0.4, 0.5) is 0 Å². The van der Waals surface area contributed by atoms with Crippen molar-refractivity contribution in [2.24, 2.45) is 0 Å². The molecule has 0 spiro atoms. The molecule has 21 heavy (non-hydrogen) atoms. The van der Waals surface area contributed by atoms with Crippen molar-refractivity contribution < 1.29 is 9.47 Å². The minimum absolute atomic E-state index is 0.587. The standard InChI is InChI=1S/C16H27ClN2O2/c1-5-19(6-2)9-8-18-12-13-10-14(17)16(20-4)15(11-13)21-7-3/h10-11,18H,5-9,12H2,1-4H3. The lowest BCUT2D eigenvalue weighted by Gasteiger charge is -2.18. The molecule has 0 saturated heterocycles. The first-order valence-electron chi connectivity index (χ1n) is 7.58. The molecule has 1 rings (SSSR count). The van der Waals surface area contributed by atoms with Gasteiger partial charge in [0.15, 0.2) is 11.5 Å². The highest BCUT2D eigenvalue weighted by atomic mass is 35.5. The van der Waals surface area contributed by atoms with Crippen molar-refractivity contribution in [2.45, 2.75) is 27.3 Å². The average molecular weight is 315 g/mol. The molecular weight excluding hydrogens is 288 g/mol. The molecule has 0 atom stereocenters. The number of hydrogen-bond acceptors (Lipinski definition) is 4. The van der Waals surface area contributed by atoms with Gasteiger partial charge in [0, 0.05) is 19.6 Å². The summed E-state index contributed by atoms with van der Waals surface area (Å²) in [7, 11) is 1.60. The maximum absolute atomic E-state index is 6.24. The van der Waals surface area contributed by atoms with E-state index in [1.165, 1.54) is 0 Å². The molecule has 0 amide bonds. The molecule has 0 unspecified atom stereocenters. The molecule has 1 N–H and O–H groups in total. The van der Waals surface area contributed by atoms with Crippen LogP contribution in [0.15, 0.2) is 12.1 Å². The topological polar surface area (TPSA) is 33.7 Å². The second-order valence-electron chi connectivity index (χ2n) is 4.75. The smallest absolute Gasteiger partial charge is 0.179 e. The quantitative estimate of drug-likeness (QED) is 0.673. The predicted molar refractivity (Wildman–Crippen MR) is 88.7 cm³/mol. The molecule has 120 valence electrons. The van der Waals surface area contributed by atoms with Crippen LogP contribution in [-0.4, -0.2) is 44.8 Å². The highest BCUT2D eigenvalue weighted by Crippen LogP contribution is 2.36. The van der Waals surface area contributed by atoms with Crippen LogP contribution in [0, 0.1) is 0 Å².